The van der Waals surface area contributed by atoms with Gasteiger partial charge in [-0.1, -0.05) is 0 Å². The predicted octanol–water partition coefficient (Wildman–Crippen LogP) is -0.142. The Morgan fingerprint density at radius 2 is 2.54 bits per heavy atom. The summed E-state index contributed by atoms with van der Waals surface area (Å²) in [6, 6.07) is -0.956. The summed E-state index contributed by atoms with van der Waals surface area (Å²) >= 11 is 2.13. The van der Waals surface area contributed by atoms with Gasteiger partial charge in [0.25, 0.3) is 0 Å². The van der Waals surface area contributed by atoms with Gasteiger partial charge in [0.1, 0.15) is 0 Å². The summed E-state index contributed by atoms with van der Waals surface area (Å²) in [6.07, 6.45) is 1.15. The van der Waals surface area contributed by atoms with E-state index in [1.165, 1.54) is 0 Å². The summed E-state index contributed by atoms with van der Waals surface area (Å²) < 4.78 is 8.59. The van der Waals surface area contributed by atoms with Crippen LogP contribution in [0.5, 0.6) is 0 Å². The number of imide groups is 1. The number of urea groups is 1. The molecule has 0 saturated heterocycles. The molecule has 5 nitrogen and oxygen atoms in total. The van der Waals surface area contributed by atoms with Crippen molar-refractivity contribution in [2.24, 2.45) is 4.99 Å². The quantitative estimate of drug-likeness (QED) is 0.501. The van der Waals surface area contributed by atoms with Crippen LogP contribution in [0.15, 0.2) is 16.3 Å². The van der Waals surface area contributed by atoms with Gasteiger partial charge < -0.3 is 0 Å². The molecule has 1 rings (SSSR count). The SMILES string of the molecule is [3H]N1C(=O)N=CC(=C(O)C[CH]=[V])C1=O. The van der Waals surface area contributed by atoms with Crippen LogP contribution in [0, 0.1) is 0 Å². The Bertz CT molecular complexity index is 364. The van der Waals surface area contributed by atoms with E-state index in [1.807, 2.05) is 0 Å². The molecule has 0 spiro atoms. The minimum atomic E-state index is -0.956. The first kappa shape index (κ1) is 8.40. The molecule has 0 aromatic rings. The van der Waals surface area contributed by atoms with Gasteiger partial charge in [-0.05, 0) is 0 Å². The minimum absolute atomic E-state index is 0.107. The standard InChI is InChI=1S/C7H6N2O3.V/c1-2-5(10)4-3-8-7(12)9-6(4)11;/h1,3,10H,2H2,(H,9,11,12);/i/hT. The number of hydrogen-bond acceptors (Lipinski definition) is 3. The number of carbonyl (C=O) groups excluding carboxylic acids is 2. The second kappa shape index (κ2) is 4.16. The van der Waals surface area contributed by atoms with Gasteiger partial charge in [0.2, 0.25) is 0 Å². The van der Waals surface area contributed by atoms with E-state index in [1.54, 1.807) is 4.73 Å². The number of carbonyl (C=O) groups is 2. The zero-order chi connectivity index (χ0) is 10.7. The fourth-order valence-electron chi connectivity index (χ4n) is 0.745. The molecule has 3 amide bonds. The van der Waals surface area contributed by atoms with E-state index in [0.29, 0.717) is 0 Å². The fourth-order valence-corrected chi connectivity index (χ4v) is 1.02. The number of allylic oxidation sites excluding steroid dienone is 1. The van der Waals surface area contributed by atoms with Crippen LogP contribution in [0.2, 0.25) is 1.41 Å². The maximum absolute atomic E-state index is 11.2. The molecular weight excluding hydrogens is 211 g/mol. The monoisotopic (exact) mass is 219 g/mol. The summed E-state index contributed by atoms with van der Waals surface area (Å²) in [7, 11) is 0. The number of rotatable bonds is 2. The Morgan fingerprint density at radius 3 is 3.15 bits per heavy atom. The van der Waals surface area contributed by atoms with Crippen molar-refractivity contribution in [1.29, 1.82) is 0 Å². The molecule has 0 bridgehead atoms. The number of aliphatic hydroxyl groups is 1. The third-order valence-corrected chi connectivity index (χ3v) is 1.61. The Morgan fingerprint density at radius 1 is 1.85 bits per heavy atom. The molecule has 1 aliphatic rings. The van der Waals surface area contributed by atoms with E-state index in [2.05, 4.69) is 22.0 Å². The van der Waals surface area contributed by atoms with Crippen LogP contribution in [-0.4, -0.2) is 28.0 Å². The summed E-state index contributed by atoms with van der Waals surface area (Å²) in [5.74, 6) is -1.07. The van der Waals surface area contributed by atoms with E-state index >= 15 is 0 Å². The van der Waals surface area contributed by atoms with E-state index in [0.717, 1.165) is 6.21 Å². The van der Waals surface area contributed by atoms with Crippen molar-refractivity contribution in [1.82, 2.24) is 5.31 Å². The van der Waals surface area contributed by atoms with Crippen LogP contribution in [0.4, 0.5) is 4.79 Å². The number of aliphatic imine (C=N–C) groups is 1. The van der Waals surface area contributed by atoms with Crippen LogP contribution < -0.4 is 5.31 Å². The van der Waals surface area contributed by atoms with Crippen LogP contribution in [0.3, 0.4) is 0 Å². The summed E-state index contributed by atoms with van der Waals surface area (Å²) in [5.41, 5.74) is -0.123. The van der Waals surface area contributed by atoms with Gasteiger partial charge in [0.05, 0.1) is 0 Å². The van der Waals surface area contributed by atoms with Gasteiger partial charge in [-0.25, -0.2) is 0 Å². The molecule has 67 valence electrons. The first-order valence-electron chi connectivity index (χ1n) is 3.82. The van der Waals surface area contributed by atoms with Crippen molar-refractivity contribution in [3.05, 3.63) is 11.3 Å². The molecule has 0 saturated carbocycles. The second-order valence-corrected chi connectivity index (χ2v) is 2.77. The first-order chi connectivity index (χ1) is 6.57. The van der Waals surface area contributed by atoms with E-state index in [4.69, 9.17) is 1.41 Å². The van der Waals surface area contributed by atoms with Gasteiger partial charge >= 0.3 is 84.0 Å². The van der Waals surface area contributed by atoms with Gasteiger partial charge in [-0.15, -0.1) is 0 Å². The zero-order valence-corrected chi connectivity index (χ0v) is 7.86. The molecule has 0 fully saturated rings. The number of nitrogens with one attached hydrogen (secondary N) is 1. The van der Waals surface area contributed by atoms with Gasteiger partial charge in [-0.3, -0.25) is 0 Å². The third kappa shape index (κ3) is 2.37. The first-order valence-corrected chi connectivity index (χ1v) is 4.18. The van der Waals surface area contributed by atoms with Crippen molar-refractivity contribution in [2.75, 3.05) is 0 Å². The number of nitrogens with zero attached hydrogens (tertiary/aromatic N) is 1. The van der Waals surface area contributed by atoms with Gasteiger partial charge in [0, 0.05) is 0 Å². The summed E-state index contributed by atoms with van der Waals surface area (Å²) in [6.45, 7) is 0. The molecule has 1 heterocycles. The number of aliphatic hydroxyl groups excluding tert-OH is 1. The van der Waals surface area contributed by atoms with Crippen LogP contribution >= 0.6 is 0 Å². The molecule has 0 unspecified atom stereocenters. The molecule has 0 radical (unpaired) electrons. The topological polar surface area (TPSA) is 78.8 Å². The van der Waals surface area contributed by atoms with Crippen LogP contribution in [0.1, 0.15) is 6.42 Å². The Hall–Kier alpha value is -1.20. The number of hydrogen-bond donors (Lipinski definition) is 2. The summed E-state index contributed by atoms with van der Waals surface area (Å²) in [5, 5.41) is 9.46. The van der Waals surface area contributed by atoms with E-state index in [-0.39, 0.29) is 23.1 Å². The Balaban J connectivity index is 3.08. The van der Waals surface area contributed by atoms with Crippen molar-refractivity contribution in [3.8, 4) is 0 Å². The van der Waals surface area contributed by atoms with Crippen LogP contribution in [-0.2, 0) is 21.8 Å². The third-order valence-electron chi connectivity index (χ3n) is 1.33. The molecule has 0 atom stereocenters. The normalized spacial score (nSPS) is 21.5. The van der Waals surface area contributed by atoms with E-state index in [9.17, 15) is 14.7 Å². The van der Waals surface area contributed by atoms with E-state index < -0.39 is 11.9 Å². The fraction of sp³-hybridized carbons (Fsp3) is 0.143. The molecule has 0 aromatic heterocycles. The number of amides is 3. The average Bonchev–Trinajstić information content (AvgIpc) is 2.15. The van der Waals surface area contributed by atoms with Gasteiger partial charge in [-0.2, -0.15) is 0 Å². The van der Waals surface area contributed by atoms with Crippen molar-refractivity contribution < 1.29 is 33.1 Å². The maximum atomic E-state index is 11.2. The molecule has 2 N–H and O–H groups in total. The molecule has 0 aromatic carbocycles. The average molecular weight is 219 g/mol. The summed E-state index contributed by atoms with van der Waals surface area (Å²) in [4.78, 5) is 25.2. The van der Waals surface area contributed by atoms with Crippen LogP contribution in [0.25, 0.3) is 0 Å². The van der Waals surface area contributed by atoms with Gasteiger partial charge in [0.15, 0.2) is 0 Å². The van der Waals surface area contributed by atoms with Crippen molar-refractivity contribution >= 4 is 22.9 Å². The molecule has 13 heavy (non-hydrogen) atoms. The van der Waals surface area contributed by atoms with Crippen molar-refractivity contribution in [3.63, 3.8) is 0 Å². The zero-order valence-electron chi connectivity index (χ0n) is 7.47. The van der Waals surface area contributed by atoms with Crippen molar-refractivity contribution in [2.45, 2.75) is 6.42 Å². The Labute approximate surface area is 84.5 Å². The molecule has 6 heteroatoms. The molecule has 0 aliphatic carbocycles. The predicted molar refractivity (Wildman–Crippen MR) is 42.4 cm³/mol. The Kier molecular flexibility index (Phi) is 2.69. The second-order valence-electron chi connectivity index (χ2n) is 2.20. The molecular formula is C7H6N2O3V. The molecule has 1 aliphatic heterocycles.